The fourth-order valence-corrected chi connectivity index (χ4v) is 4.19. The van der Waals surface area contributed by atoms with E-state index in [9.17, 15) is 9.59 Å². The molecule has 1 aromatic rings. The molecule has 1 heterocycles. The number of urea groups is 1. The topological polar surface area (TPSA) is 61.4 Å². The molecule has 5 nitrogen and oxygen atoms in total. The van der Waals surface area contributed by atoms with Crippen LogP contribution in [0, 0.1) is 0 Å². The van der Waals surface area contributed by atoms with Crippen molar-refractivity contribution in [2.24, 2.45) is 0 Å². The molecule has 5 heteroatoms. The standard InChI is InChI=1S/C22H33N3O2/c26-21(18-8-3-1-4-9-18)12-7-15-25-16-13-20(14-17-25)24-22(27)23-19-10-5-2-6-11-19/h1,3-4,8-9,19-20H,2,5-7,10-17H2,(H2,23,24,27). The van der Waals surface area contributed by atoms with Crippen LogP contribution in [-0.4, -0.2) is 48.4 Å². The lowest BCUT2D eigenvalue weighted by molar-refractivity contribution is 0.0971. The van der Waals surface area contributed by atoms with Gasteiger partial charge in [-0.1, -0.05) is 49.6 Å². The van der Waals surface area contributed by atoms with Crippen LogP contribution in [0.1, 0.15) is 68.1 Å². The van der Waals surface area contributed by atoms with E-state index < -0.39 is 0 Å². The van der Waals surface area contributed by atoms with Gasteiger partial charge in [-0.2, -0.15) is 0 Å². The zero-order valence-electron chi connectivity index (χ0n) is 16.3. The number of nitrogens with one attached hydrogen (secondary N) is 2. The second-order valence-corrected chi connectivity index (χ2v) is 7.96. The molecule has 3 rings (SSSR count). The Labute approximate surface area is 162 Å². The molecule has 0 unspecified atom stereocenters. The number of hydrogen-bond donors (Lipinski definition) is 2. The van der Waals surface area contributed by atoms with Crippen LogP contribution in [0.2, 0.25) is 0 Å². The number of nitrogens with zero attached hydrogens (tertiary/aromatic N) is 1. The molecule has 0 atom stereocenters. The minimum atomic E-state index is 0.00816. The zero-order chi connectivity index (χ0) is 18.9. The van der Waals surface area contributed by atoms with E-state index in [-0.39, 0.29) is 17.9 Å². The van der Waals surface area contributed by atoms with Crippen LogP contribution >= 0.6 is 0 Å². The number of rotatable bonds is 7. The lowest BCUT2D eigenvalue weighted by Crippen LogP contribution is -2.50. The quantitative estimate of drug-likeness (QED) is 0.718. The van der Waals surface area contributed by atoms with Crippen LogP contribution in [0.5, 0.6) is 0 Å². The van der Waals surface area contributed by atoms with Crippen molar-refractivity contribution in [3.05, 3.63) is 35.9 Å². The monoisotopic (exact) mass is 371 g/mol. The van der Waals surface area contributed by atoms with E-state index in [4.69, 9.17) is 0 Å². The minimum absolute atomic E-state index is 0.00816. The molecule has 27 heavy (non-hydrogen) atoms. The molecule has 0 bridgehead atoms. The predicted octanol–water partition coefficient (Wildman–Crippen LogP) is 3.75. The number of carbonyl (C=O) groups excluding carboxylic acids is 2. The van der Waals surface area contributed by atoms with Crippen LogP contribution in [0.25, 0.3) is 0 Å². The molecule has 0 aromatic heterocycles. The molecular weight excluding hydrogens is 338 g/mol. The first-order valence-corrected chi connectivity index (χ1v) is 10.6. The third kappa shape index (κ3) is 6.65. The molecule has 148 valence electrons. The number of carbonyl (C=O) groups is 2. The summed E-state index contributed by atoms with van der Waals surface area (Å²) < 4.78 is 0. The summed E-state index contributed by atoms with van der Waals surface area (Å²) in [5, 5.41) is 6.29. The first-order chi connectivity index (χ1) is 13.2. The summed E-state index contributed by atoms with van der Waals surface area (Å²) in [6.45, 7) is 2.95. The maximum Gasteiger partial charge on any atom is 0.315 e. The number of ketones is 1. The summed E-state index contributed by atoms with van der Waals surface area (Å²) in [5.74, 6) is 0.228. The third-order valence-electron chi connectivity index (χ3n) is 5.84. The van der Waals surface area contributed by atoms with Gasteiger partial charge < -0.3 is 15.5 Å². The van der Waals surface area contributed by atoms with E-state index in [0.717, 1.165) is 57.3 Å². The molecule has 1 aromatic carbocycles. The summed E-state index contributed by atoms with van der Waals surface area (Å²) in [7, 11) is 0. The second kappa shape index (κ2) is 10.5. The van der Waals surface area contributed by atoms with Gasteiger partial charge in [-0.25, -0.2) is 4.79 Å². The van der Waals surface area contributed by atoms with Gasteiger partial charge in [0.1, 0.15) is 0 Å². The van der Waals surface area contributed by atoms with E-state index in [0.29, 0.717) is 12.5 Å². The highest BCUT2D eigenvalue weighted by Gasteiger charge is 2.22. The van der Waals surface area contributed by atoms with E-state index in [2.05, 4.69) is 15.5 Å². The van der Waals surface area contributed by atoms with Crippen LogP contribution in [-0.2, 0) is 0 Å². The lowest BCUT2D eigenvalue weighted by atomic mass is 9.96. The lowest BCUT2D eigenvalue weighted by Gasteiger charge is -2.33. The number of piperidine rings is 1. The molecule has 2 fully saturated rings. The van der Waals surface area contributed by atoms with Gasteiger partial charge in [0.25, 0.3) is 0 Å². The van der Waals surface area contributed by atoms with Gasteiger partial charge in [0.2, 0.25) is 0 Å². The van der Waals surface area contributed by atoms with Gasteiger partial charge in [0.05, 0.1) is 0 Å². The Morgan fingerprint density at radius 2 is 1.52 bits per heavy atom. The van der Waals surface area contributed by atoms with Crippen molar-refractivity contribution in [1.82, 2.24) is 15.5 Å². The summed E-state index contributed by atoms with van der Waals surface area (Å²) in [4.78, 5) is 26.7. The third-order valence-corrected chi connectivity index (χ3v) is 5.84. The van der Waals surface area contributed by atoms with Crippen LogP contribution in [0.4, 0.5) is 4.79 Å². The summed E-state index contributed by atoms with van der Waals surface area (Å²) in [6, 6.07) is 10.2. The van der Waals surface area contributed by atoms with E-state index in [1.807, 2.05) is 30.3 Å². The Hall–Kier alpha value is -1.88. The zero-order valence-corrected chi connectivity index (χ0v) is 16.3. The largest absolute Gasteiger partial charge is 0.335 e. The summed E-state index contributed by atoms with van der Waals surface area (Å²) in [5.41, 5.74) is 0.810. The molecule has 0 radical (unpaired) electrons. The average Bonchev–Trinajstić information content (AvgIpc) is 2.70. The maximum atomic E-state index is 12.2. The Kier molecular flexibility index (Phi) is 7.69. The van der Waals surface area contributed by atoms with Gasteiger partial charge in [-0.3, -0.25) is 4.79 Å². The minimum Gasteiger partial charge on any atom is -0.335 e. The normalized spacial score (nSPS) is 19.6. The molecule has 1 saturated carbocycles. The van der Waals surface area contributed by atoms with Crippen molar-refractivity contribution in [3.8, 4) is 0 Å². The van der Waals surface area contributed by atoms with Crippen molar-refractivity contribution in [3.63, 3.8) is 0 Å². The van der Waals surface area contributed by atoms with Crippen molar-refractivity contribution in [2.75, 3.05) is 19.6 Å². The molecule has 1 saturated heterocycles. The van der Waals surface area contributed by atoms with Gasteiger partial charge in [0.15, 0.2) is 5.78 Å². The van der Waals surface area contributed by atoms with Crippen molar-refractivity contribution in [1.29, 1.82) is 0 Å². The molecule has 1 aliphatic heterocycles. The smallest absolute Gasteiger partial charge is 0.315 e. The van der Waals surface area contributed by atoms with E-state index >= 15 is 0 Å². The summed E-state index contributed by atoms with van der Waals surface area (Å²) in [6.07, 6.45) is 9.48. The molecule has 1 aliphatic carbocycles. The number of likely N-dealkylation sites (tertiary alicyclic amines) is 1. The Morgan fingerprint density at radius 3 is 2.19 bits per heavy atom. The van der Waals surface area contributed by atoms with E-state index in [1.54, 1.807) is 0 Å². The SMILES string of the molecule is O=C(NC1CCCCC1)NC1CCN(CCCC(=O)c2ccccc2)CC1. The van der Waals surface area contributed by atoms with Gasteiger partial charge in [-0.05, 0) is 38.6 Å². The Morgan fingerprint density at radius 1 is 0.889 bits per heavy atom. The fraction of sp³-hybridized carbons (Fsp3) is 0.636. The van der Waals surface area contributed by atoms with Crippen LogP contribution in [0.3, 0.4) is 0 Å². The Balaban J connectivity index is 1.28. The van der Waals surface area contributed by atoms with Crippen molar-refractivity contribution >= 4 is 11.8 Å². The predicted molar refractivity (Wildman–Crippen MR) is 108 cm³/mol. The second-order valence-electron chi connectivity index (χ2n) is 7.96. The van der Waals surface area contributed by atoms with Gasteiger partial charge >= 0.3 is 6.03 Å². The number of benzene rings is 1. The van der Waals surface area contributed by atoms with Gasteiger partial charge in [0, 0.05) is 37.2 Å². The van der Waals surface area contributed by atoms with Crippen molar-refractivity contribution in [2.45, 2.75) is 69.9 Å². The molecule has 2 N–H and O–H groups in total. The number of Topliss-reactive ketones (excluding diaryl/α,β-unsaturated/α-hetero) is 1. The summed E-state index contributed by atoms with van der Waals surface area (Å²) >= 11 is 0. The molecule has 2 amide bonds. The maximum absolute atomic E-state index is 12.2. The van der Waals surface area contributed by atoms with Crippen molar-refractivity contribution < 1.29 is 9.59 Å². The van der Waals surface area contributed by atoms with Gasteiger partial charge in [-0.15, -0.1) is 0 Å². The highest BCUT2D eigenvalue weighted by Crippen LogP contribution is 2.17. The molecule has 2 aliphatic rings. The van der Waals surface area contributed by atoms with Crippen LogP contribution in [0.15, 0.2) is 30.3 Å². The molecule has 0 spiro atoms. The fourth-order valence-electron chi connectivity index (χ4n) is 4.19. The highest BCUT2D eigenvalue weighted by molar-refractivity contribution is 5.95. The van der Waals surface area contributed by atoms with E-state index in [1.165, 1.54) is 19.3 Å². The van der Waals surface area contributed by atoms with Crippen LogP contribution < -0.4 is 10.6 Å². The average molecular weight is 372 g/mol. The first-order valence-electron chi connectivity index (χ1n) is 10.6. The highest BCUT2D eigenvalue weighted by atomic mass is 16.2. The molecular formula is C22H33N3O2. The Bertz CT molecular complexity index is 591. The number of amides is 2. The number of hydrogen-bond acceptors (Lipinski definition) is 3. The first kappa shape index (κ1) is 19.9.